The lowest BCUT2D eigenvalue weighted by Gasteiger charge is -2.10. The van der Waals surface area contributed by atoms with E-state index in [0.717, 1.165) is 11.1 Å². The van der Waals surface area contributed by atoms with Gasteiger partial charge >= 0.3 is 0 Å². The lowest BCUT2D eigenvalue weighted by Crippen LogP contribution is -2.13. The molecule has 1 radical (unpaired) electrons. The summed E-state index contributed by atoms with van der Waals surface area (Å²) < 4.78 is 24.4. The van der Waals surface area contributed by atoms with Crippen molar-refractivity contribution in [1.29, 1.82) is 5.26 Å². The van der Waals surface area contributed by atoms with Crippen LogP contribution in [-0.4, -0.2) is 19.4 Å². The molecular weight excluding hydrogens is 371 g/mol. The first-order valence-electron chi connectivity index (χ1n) is 8.81. The average molecular weight is 389 g/mol. The molecule has 0 aliphatic heterocycles. The third-order valence-electron chi connectivity index (χ3n) is 3.97. The standard InChI is InChI=1S/C23H18FN2O3/c1-27-26-23(19-9-5-17(14-25)6-10-19)16-29-21-11-7-18(8-12-21)15-28-22-4-2-3-20(24)13-22/h2-12H,15-16H2,1H3/b26-23+. The van der Waals surface area contributed by atoms with Gasteiger partial charge in [-0.05, 0) is 42.0 Å². The molecule has 3 rings (SSSR count). The molecule has 0 atom stereocenters. The van der Waals surface area contributed by atoms with Crippen LogP contribution in [0.15, 0.2) is 71.9 Å². The van der Waals surface area contributed by atoms with Crippen molar-refractivity contribution in [2.75, 3.05) is 13.7 Å². The third-order valence-corrected chi connectivity index (χ3v) is 3.97. The number of benzene rings is 3. The summed E-state index contributed by atoms with van der Waals surface area (Å²) in [5.41, 5.74) is 2.89. The molecular formula is C23H18FN2O3. The monoisotopic (exact) mass is 389 g/mol. The Labute approximate surface area is 168 Å². The van der Waals surface area contributed by atoms with E-state index in [1.807, 2.05) is 24.3 Å². The first-order chi connectivity index (χ1) is 14.2. The predicted octanol–water partition coefficient (Wildman–Crippen LogP) is 4.51. The van der Waals surface area contributed by atoms with E-state index >= 15 is 0 Å². The molecule has 5 nitrogen and oxygen atoms in total. The van der Waals surface area contributed by atoms with Gasteiger partial charge in [0.2, 0.25) is 0 Å². The van der Waals surface area contributed by atoms with E-state index in [-0.39, 0.29) is 6.61 Å². The van der Waals surface area contributed by atoms with Crippen LogP contribution in [-0.2, 0) is 11.4 Å². The van der Waals surface area contributed by atoms with E-state index in [2.05, 4.69) is 17.3 Å². The van der Waals surface area contributed by atoms with E-state index in [9.17, 15) is 4.39 Å². The van der Waals surface area contributed by atoms with Gasteiger partial charge in [0.25, 0.3) is 0 Å². The molecule has 0 spiro atoms. The Kier molecular flexibility index (Phi) is 6.80. The number of nitriles is 1. The summed E-state index contributed by atoms with van der Waals surface area (Å²) >= 11 is 0. The number of hydrogen-bond acceptors (Lipinski definition) is 5. The molecule has 0 saturated carbocycles. The van der Waals surface area contributed by atoms with Crippen molar-refractivity contribution in [2.24, 2.45) is 5.16 Å². The van der Waals surface area contributed by atoms with Gasteiger partial charge in [0, 0.05) is 5.56 Å². The number of nitrogens with zero attached hydrogens (tertiary/aromatic N) is 2. The summed E-state index contributed by atoms with van der Waals surface area (Å²) in [4.78, 5) is 4.90. The maximum absolute atomic E-state index is 13.1. The lowest BCUT2D eigenvalue weighted by molar-refractivity contribution is 0.210. The first-order valence-corrected chi connectivity index (χ1v) is 8.81. The van der Waals surface area contributed by atoms with Crippen LogP contribution in [0.4, 0.5) is 4.39 Å². The molecule has 0 aromatic heterocycles. The average Bonchev–Trinajstić information content (AvgIpc) is 2.76. The number of rotatable bonds is 8. The highest BCUT2D eigenvalue weighted by molar-refractivity contribution is 6.01. The molecule has 3 aromatic rings. The molecule has 145 valence electrons. The van der Waals surface area contributed by atoms with Gasteiger partial charge in [-0.1, -0.05) is 35.5 Å². The van der Waals surface area contributed by atoms with Gasteiger partial charge in [-0.3, -0.25) is 0 Å². The molecule has 6 heteroatoms. The van der Waals surface area contributed by atoms with Crippen LogP contribution < -0.4 is 9.47 Å². The fourth-order valence-corrected chi connectivity index (χ4v) is 2.51. The molecule has 0 heterocycles. The molecule has 0 aliphatic rings. The molecule has 0 aliphatic carbocycles. The highest BCUT2D eigenvalue weighted by atomic mass is 19.1. The number of oxime groups is 1. The predicted molar refractivity (Wildman–Crippen MR) is 106 cm³/mol. The second-order valence-corrected chi connectivity index (χ2v) is 5.99. The van der Waals surface area contributed by atoms with Crippen molar-refractivity contribution in [3.05, 3.63) is 95.3 Å². The van der Waals surface area contributed by atoms with Crippen molar-refractivity contribution in [2.45, 2.75) is 6.61 Å². The Hall–Kier alpha value is -3.85. The highest BCUT2D eigenvalue weighted by Gasteiger charge is 2.07. The summed E-state index contributed by atoms with van der Waals surface area (Å²) in [6.07, 6.45) is 0. The van der Waals surface area contributed by atoms with Crippen molar-refractivity contribution >= 4 is 5.71 Å². The largest absolute Gasteiger partial charge is 0.488 e. The maximum atomic E-state index is 13.1. The summed E-state index contributed by atoms with van der Waals surface area (Å²) in [6, 6.07) is 23.5. The summed E-state index contributed by atoms with van der Waals surface area (Å²) in [5.74, 6) is 0.554. The van der Waals surface area contributed by atoms with E-state index in [1.165, 1.54) is 13.2 Å². The topological polar surface area (TPSA) is 63.8 Å². The molecule has 0 saturated heterocycles. The minimum Gasteiger partial charge on any atom is -0.488 e. The van der Waals surface area contributed by atoms with Crippen molar-refractivity contribution in [1.82, 2.24) is 0 Å². The van der Waals surface area contributed by atoms with Gasteiger partial charge < -0.3 is 14.3 Å². The van der Waals surface area contributed by atoms with Crippen LogP contribution in [0.2, 0.25) is 0 Å². The SMILES string of the molecule is CO/N=C(\COc1ccc(COc2[c]c(F)ccc2)cc1)c1ccc(C#N)cc1. The number of hydrogen-bond donors (Lipinski definition) is 0. The van der Waals surface area contributed by atoms with Crippen LogP contribution in [0.5, 0.6) is 11.5 Å². The quantitative estimate of drug-likeness (QED) is 0.420. The summed E-state index contributed by atoms with van der Waals surface area (Å²) in [6.45, 7) is 0.496. The number of ether oxygens (including phenoxy) is 2. The van der Waals surface area contributed by atoms with Crippen LogP contribution in [0.3, 0.4) is 0 Å². The van der Waals surface area contributed by atoms with Gasteiger partial charge in [-0.2, -0.15) is 5.26 Å². The Balaban J connectivity index is 1.58. The normalized spacial score (nSPS) is 10.9. The third kappa shape index (κ3) is 5.81. The minimum absolute atomic E-state index is 0.202. The van der Waals surface area contributed by atoms with Crippen LogP contribution >= 0.6 is 0 Å². The van der Waals surface area contributed by atoms with E-state index < -0.39 is 5.82 Å². The molecule has 0 amide bonds. The van der Waals surface area contributed by atoms with Crippen molar-refractivity contribution < 1.29 is 18.7 Å². The summed E-state index contributed by atoms with van der Waals surface area (Å²) in [7, 11) is 1.47. The smallest absolute Gasteiger partial charge is 0.135 e. The molecule has 0 fully saturated rings. The van der Waals surface area contributed by atoms with Gasteiger partial charge in [-0.25, -0.2) is 4.39 Å². The molecule has 0 N–H and O–H groups in total. The molecule has 3 aromatic carbocycles. The molecule has 0 unspecified atom stereocenters. The Bertz CT molecular complexity index is 1010. The zero-order chi connectivity index (χ0) is 20.5. The van der Waals surface area contributed by atoms with Crippen LogP contribution in [0.25, 0.3) is 0 Å². The van der Waals surface area contributed by atoms with Gasteiger partial charge in [-0.15, -0.1) is 0 Å². The Morgan fingerprint density at radius 3 is 2.45 bits per heavy atom. The van der Waals surface area contributed by atoms with E-state index in [4.69, 9.17) is 19.6 Å². The van der Waals surface area contributed by atoms with Gasteiger partial charge in [0.15, 0.2) is 0 Å². The van der Waals surface area contributed by atoms with Crippen LogP contribution in [0.1, 0.15) is 16.7 Å². The highest BCUT2D eigenvalue weighted by Crippen LogP contribution is 2.17. The number of halogens is 1. The minimum atomic E-state index is -0.456. The van der Waals surface area contributed by atoms with Gasteiger partial charge in [0.1, 0.15) is 43.4 Å². The molecule has 0 bridgehead atoms. The molecule has 29 heavy (non-hydrogen) atoms. The van der Waals surface area contributed by atoms with Gasteiger partial charge in [0.05, 0.1) is 17.7 Å². The maximum Gasteiger partial charge on any atom is 0.135 e. The fraction of sp³-hybridized carbons (Fsp3) is 0.130. The Morgan fingerprint density at radius 1 is 1.03 bits per heavy atom. The fourth-order valence-electron chi connectivity index (χ4n) is 2.51. The van der Waals surface area contributed by atoms with Crippen LogP contribution in [0, 0.1) is 23.2 Å². The second-order valence-electron chi connectivity index (χ2n) is 5.99. The lowest BCUT2D eigenvalue weighted by atomic mass is 10.1. The zero-order valence-electron chi connectivity index (χ0n) is 15.8. The Morgan fingerprint density at radius 2 is 1.79 bits per heavy atom. The summed E-state index contributed by atoms with van der Waals surface area (Å²) in [5, 5.41) is 12.9. The first kappa shape index (κ1) is 19.9. The van der Waals surface area contributed by atoms with E-state index in [0.29, 0.717) is 29.4 Å². The zero-order valence-corrected chi connectivity index (χ0v) is 15.8. The van der Waals surface area contributed by atoms with Crippen molar-refractivity contribution in [3.8, 4) is 17.6 Å². The van der Waals surface area contributed by atoms with E-state index in [1.54, 1.807) is 36.4 Å². The second kappa shape index (κ2) is 9.90. The van der Waals surface area contributed by atoms with Crippen molar-refractivity contribution in [3.63, 3.8) is 0 Å².